The summed E-state index contributed by atoms with van der Waals surface area (Å²) in [4.78, 5) is 3.53. The van der Waals surface area contributed by atoms with Crippen LogP contribution < -0.4 is 5.32 Å². The van der Waals surface area contributed by atoms with E-state index in [4.69, 9.17) is 11.6 Å². The molecule has 0 heterocycles. The Morgan fingerprint density at radius 3 is 2.53 bits per heavy atom. The monoisotopic (exact) mass is 300 g/mol. The summed E-state index contributed by atoms with van der Waals surface area (Å²) in [5.41, 5.74) is 1.40. The quantitative estimate of drug-likeness (QED) is 0.803. The van der Waals surface area contributed by atoms with Crippen molar-refractivity contribution >= 4 is 23.4 Å². The topological polar surface area (TPSA) is 15.3 Å². The molecule has 0 atom stereocenters. The first kappa shape index (κ1) is 16.8. The first-order chi connectivity index (χ1) is 8.78. The Hall–Kier alpha value is -0.220. The summed E-state index contributed by atoms with van der Waals surface area (Å²) in [5.74, 6) is 1.09. The molecule has 0 aliphatic heterocycles. The van der Waals surface area contributed by atoms with Gasteiger partial charge in [0.25, 0.3) is 0 Å². The largest absolute Gasteiger partial charge is 0.309 e. The van der Waals surface area contributed by atoms with E-state index in [1.165, 1.54) is 10.5 Å². The molecule has 4 heteroatoms. The van der Waals surface area contributed by atoms with Crippen LogP contribution in [-0.2, 0) is 6.54 Å². The molecule has 0 unspecified atom stereocenters. The lowest BCUT2D eigenvalue weighted by Crippen LogP contribution is -2.35. The SMILES string of the molecule is CN(C)CCSc1ccc(Cl)cc1CNC(C)(C)C. The molecule has 0 fully saturated rings. The molecule has 1 aromatic carbocycles. The highest BCUT2D eigenvalue weighted by molar-refractivity contribution is 7.99. The highest BCUT2D eigenvalue weighted by Gasteiger charge is 2.11. The molecular formula is C15H25ClN2S. The summed E-state index contributed by atoms with van der Waals surface area (Å²) >= 11 is 8.00. The summed E-state index contributed by atoms with van der Waals surface area (Å²) in [7, 11) is 4.20. The first-order valence-electron chi connectivity index (χ1n) is 6.59. The Morgan fingerprint density at radius 1 is 1.26 bits per heavy atom. The van der Waals surface area contributed by atoms with Gasteiger partial charge in [0.2, 0.25) is 0 Å². The Labute approximate surface area is 126 Å². The highest BCUT2D eigenvalue weighted by atomic mass is 35.5. The summed E-state index contributed by atoms with van der Waals surface area (Å²) in [6, 6.07) is 6.17. The van der Waals surface area contributed by atoms with Gasteiger partial charge < -0.3 is 10.2 Å². The van der Waals surface area contributed by atoms with Crippen molar-refractivity contribution in [3.63, 3.8) is 0 Å². The standard InChI is InChI=1S/C15H25ClN2S/c1-15(2,3)17-11-12-10-13(16)6-7-14(12)19-9-8-18(4)5/h6-7,10,17H,8-9,11H2,1-5H3. The Kier molecular flexibility index (Phi) is 6.67. The van der Waals surface area contributed by atoms with E-state index in [1.54, 1.807) is 0 Å². The third-order valence-corrected chi connectivity index (χ3v) is 3.96. The lowest BCUT2D eigenvalue weighted by molar-refractivity contribution is 0.422. The normalized spacial score (nSPS) is 12.2. The Morgan fingerprint density at radius 2 is 1.95 bits per heavy atom. The van der Waals surface area contributed by atoms with Crippen LogP contribution in [0.4, 0.5) is 0 Å². The number of nitrogens with zero attached hydrogens (tertiary/aromatic N) is 1. The fourth-order valence-electron chi connectivity index (χ4n) is 1.53. The van der Waals surface area contributed by atoms with Gasteiger partial charge in [-0.1, -0.05) is 11.6 Å². The highest BCUT2D eigenvalue weighted by Crippen LogP contribution is 2.26. The van der Waals surface area contributed by atoms with E-state index in [0.717, 1.165) is 23.9 Å². The molecule has 1 rings (SSSR count). The van der Waals surface area contributed by atoms with Crippen molar-refractivity contribution in [1.82, 2.24) is 10.2 Å². The van der Waals surface area contributed by atoms with E-state index in [9.17, 15) is 0 Å². The van der Waals surface area contributed by atoms with Crippen LogP contribution >= 0.6 is 23.4 Å². The zero-order chi connectivity index (χ0) is 14.5. The van der Waals surface area contributed by atoms with Gasteiger partial charge in [-0.25, -0.2) is 0 Å². The zero-order valence-electron chi connectivity index (χ0n) is 12.6. The lowest BCUT2D eigenvalue weighted by atomic mass is 10.1. The maximum absolute atomic E-state index is 6.11. The van der Waals surface area contributed by atoms with Crippen LogP contribution in [0.2, 0.25) is 5.02 Å². The van der Waals surface area contributed by atoms with Crippen LogP contribution in [0.15, 0.2) is 23.1 Å². The van der Waals surface area contributed by atoms with E-state index in [1.807, 2.05) is 17.8 Å². The first-order valence-corrected chi connectivity index (χ1v) is 7.95. The molecule has 19 heavy (non-hydrogen) atoms. The molecule has 0 spiro atoms. The van der Waals surface area contributed by atoms with Crippen molar-refractivity contribution in [3.05, 3.63) is 28.8 Å². The van der Waals surface area contributed by atoms with E-state index in [-0.39, 0.29) is 5.54 Å². The van der Waals surface area contributed by atoms with Crippen LogP contribution in [0, 0.1) is 0 Å². The second-order valence-electron chi connectivity index (χ2n) is 6.01. The van der Waals surface area contributed by atoms with Gasteiger partial charge in [-0.3, -0.25) is 0 Å². The van der Waals surface area contributed by atoms with Crippen LogP contribution in [0.1, 0.15) is 26.3 Å². The van der Waals surface area contributed by atoms with E-state index >= 15 is 0 Å². The van der Waals surface area contributed by atoms with E-state index in [2.05, 4.69) is 57.2 Å². The minimum Gasteiger partial charge on any atom is -0.309 e. The molecule has 1 aromatic rings. The number of halogens is 1. The number of hydrogen-bond donors (Lipinski definition) is 1. The molecule has 0 aliphatic carbocycles. The predicted octanol–water partition coefficient (Wildman–Crippen LogP) is 3.88. The van der Waals surface area contributed by atoms with Gasteiger partial charge in [0.1, 0.15) is 0 Å². The lowest BCUT2D eigenvalue weighted by Gasteiger charge is -2.22. The molecule has 0 radical (unpaired) electrons. The van der Waals surface area contributed by atoms with Crippen LogP contribution in [0.3, 0.4) is 0 Å². The number of benzene rings is 1. The second-order valence-corrected chi connectivity index (χ2v) is 7.58. The average molecular weight is 301 g/mol. The van der Waals surface area contributed by atoms with Gasteiger partial charge in [-0.15, -0.1) is 11.8 Å². The van der Waals surface area contributed by atoms with Crippen LogP contribution in [-0.4, -0.2) is 36.8 Å². The van der Waals surface area contributed by atoms with Gasteiger partial charge in [-0.2, -0.15) is 0 Å². The van der Waals surface area contributed by atoms with Gasteiger partial charge in [0.15, 0.2) is 0 Å². The van der Waals surface area contributed by atoms with Crippen molar-refractivity contribution in [3.8, 4) is 0 Å². The predicted molar refractivity (Wildman–Crippen MR) is 87.3 cm³/mol. The molecular weight excluding hydrogens is 276 g/mol. The molecule has 0 amide bonds. The van der Waals surface area contributed by atoms with E-state index in [0.29, 0.717) is 0 Å². The third-order valence-electron chi connectivity index (χ3n) is 2.63. The minimum atomic E-state index is 0.119. The fraction of sp³-hybridized carbons (Fsp3) is 0.600. The second kappa shape index (κ2) is 7.53. The van der Waals surface area contributed by atoms with Gasteiger partial charge in [0, 0.05) is 34.3 Å². The van der Waals surface area contributed by atoms with Crippen molar-refractivity contribution in [1.29, 1.82) is 0 Å². The van der Waals surface area contributed by atoms with Crippen molar-refractivity contribution in [2.24, 2.45) is 0 Å². The van der Waals surface area contributed by atoms with Gasteiger partial charge in [-0.05, 0) is 58.6 Å². The maximum Gasteiger partial charge on any atom is 0.0410 e. The number of nitrogens with one attached hydrogen (secondary N) is 1. The zero-order valence-corrected chi connectivity index (χ0v) is 14.2. The summed E-state index contributed by atoms with van der Waals surface area (Å²) < 4.78 is 0. The molecule has 108 valence electrons. The molecule has 1 N–H and O–H groups in total. The third kappa shape index (κ3) is 7.21. The molecule has 0 bridgehead atoms. The summed E-state index contributed by atoms with van der Waals surface area (Å²) in [6.07, 6.45) is 0. The van der Waals surface area contributed by atoms with Crippen molar-refractivity contribution < 1.29 is 0 Å². The fourth-order valence-corrected chi connectivity index (χ4v) is 2.88. The minimum absolute atomic E-state index is 0.119. The Balaban J connectivity index is 2.68. The number of hydrogen-bond acceptors (Lipinski definition) is 3. The smallest absolute Gasteiger partial charge is 0.0410 e. The summed E-state index contributed by atoms with van der Waals surface area (Å²) in [6.45, 7) is 8.47. The number of rotatable bonds is 6. The maximum atomic E-state index is 6.11. The molecule has 0 saturated heterocycles. The number of thioether (sulfide) groups is 1. The van der Waals surface area contributed by atoms with Gasteiger partial charge in [0.05, 0.1) is 0 Å². The molecule has 0 saturated carbocycles. The van der Waals surface area contributed by atoms with Crippen LogP contribution in [0.25, 0.3) is 0 Å². The van der Waals surface area contributed by atoms with E-state index < -0.39 is 0 Å². The van der Waals surface area contributed by atoms with Crippen molar-refractivity contribution in [2.75, 3.05) is 26.4 Å². The molecule has 2 nitrogen and oxygen atoms in total. The Bertz CT molecular complexity index is 400. The van der Waals surface area contributed by atoms with Crippen LogP contribution in [0.5, 0.6) is 0 Å². The molecule has 0 aliphatic rings. The van der Waals surface area contributed by atoms with Crippen molar-refractivity contribution in [2.45, 2.75) is 37.8 Å². The molecule has 0 aromatic heterocycles. The van der Waals surface area contributed by atoms with Gasteiger partial charge >= 0.3 is 0 Å². The summed E-state index contributed by atoms with van der Waals surface area (Å²) in [5, 5.41) is 4.33. The average Bonchev–Trinajstić information content (AvgIpc) is 2.27.